The maximum absolute atomic E-state index is 12.4. The Labute approximate surface area is 109 Å². The van der Waals surface area contributed by atoms with Crippen LogP contribution in [0.2, 0.25) is 0 Å². The molecule has 0 saturated heterocycles. The zero-order valence-electron chi connectivity index (χ0n) is 10.3. The van der Waals surface area contributed by atoms with E-state index in [1.54, 1.807) is 11.8 Å². The monoisotopic (exact) mass is 262 g/mol. The highest BCUT2D eigenvalue weighted by molar-refractivity contribution is 7.11. The number of H-pyrrole nitrogens is 1. The van der Waals surface area contributed by atoms with Gasteiger partial charge in [-0.3, -0.25) is 9.59 Å². The Morgan fingerprint density at radius 1 is 1.33 bits per heavy atom. The molecule has 1 heterocycles. The summed E-state index contributed by atoms with van der Waals surface area (Å²) in [6, 6.07) is 9.44. The first-order chi connectivity index (χ1) is 8.63. The van der Waals surface area contributed by atoms with E-state index in [9.17, 15) is 9.59 Å². The summed E-state index contributed by atoms with van der Waals surface area (Å²) in [5.74, 6) is -0.135. The van der Waals surface area contributed by atoms with Crippen molar-refractivity contribution >= 4 is 22.9 Å². The van der Waals surface area contributed by atoms with Gasteiger partial charge in [0.15, 0.2) is 0 Å². The molecule has 0 radical (unpaired) electrons. The third-order valence-corrected chi connectivity index (χ3v) is 3.62. The number of hydrogen-bond donors (Lipinski definition) is 1. The number of carbonyl (C=O) groups is 1. The van der Waals surface area contributed by atoms with Crippen LogP contribution in [0.1, 0.15) is 22.3 Å². The molecule has 0 aliphatic heterocycles. The van der Waals surface area contributed by atoms with Crippen molar-refractivity contribution in [2.24, 2.45) is 0 Å². The number of hydrogen-bond acceptors (Lipinski definition) is 3. The quantitative estimate of drug-likeness (QED) is 0.923. The second-order valence-electron chi connectivity index (χ2n) is 3.85. The van der Waals surface area contributed by atoms with Gasteiger partial charge in [0.05, 0.1) is 0 Å². The molecule has 5 heteroatoms. The topological polar surface area (TPSA) is 53.2 Å². The molecule has 0 spiro atoms. The first kappa shape index (κ1) is 12.6. The van der Waals surface area contributed by atoms with E-state index in [0.29, 0.717) is 17.1 Å². The Morgan fingerprint density at radius 3 is 2.50 bits per heavy atom. The molecule has 0 atom stereocenters. The van der Waals surface area contributed by atoms with Gasteiger partial charge in [-0.05, 0) is 26.0 Å². The molecule has 0 aliphatic rings. The number of carbonyl (C=O) groups excluding carboxylic acids is 1. The van der Waals surface area contributed by atoms with Gasteiger partial charge in [0, 0.05) is 17.9 Å². The number of para-hydroxylation sites is 1. The molecule has 2 aromatic rings. The predicted octanol–water partition coefficient (Wildman–Crippen LogP) is 2.41. The van der Waals surface area contributed by atoms with Crippen LogP contribution in [0, 0.1) is 6.92 Å². The van der Waals surface area contributed by atoms with E-state index in [0.717, 1.165) is 17.0 Å². The average Bonchev–Trinajstić information content (AvgIpc) is 2.70. The molecule has 0 unspecified atom stereocenters. The first-order valence-electron chi connectivity index (χ1n) is 5.70. The Morgan fingerprint density at radius 2 is 2.00 bits per heavy atom. The van der Waals surface area contributed by atoms with Crippen LogP contribution >= 0.6 is 11.3 Å². The molecule has 0 fully saturated rings. The smallest absolute Gasteiger partial charge is 0.305 e. The van der Waals surface area contributed by atoms with E-state index in [4.69, 9.17) is 0 Å². The lowest BCUT2D eigenvalue weighted by Crippen LogP contribution is -2.30. The molecule has 18 heavy (non-hydrogen) atoms. The third kappa shape index (κ3) is 2.36. The van der Waals surface area contributed by atoms with Crippen LogP contribution in [0.15, 0.2) is 35.1 Å². The zero-order valence-corrected chi connectivity index (χ0v) is 11.1. The summed E-state index contributed by atoms with van der Waals surface area (Å²) >= 11 is 0.959. The van der Waals surface area contributed by atoms with Crippen LogP contribution in [-0.2, 0) is 0 Å². The number of thiazole rings is 1. The Balaban J connectivity index is 2.37. The van der Waals surface area contributed by atoms with E-state index in [2.05, 4.69) is 4.98 Å². The minimum Gasteiger partial charge on any atom is -0.316 e. The summed E-state index contributed by atoms with van der Waals surface area (Å²) in [6.07, 6.45) is 0. The highest BCUT2D eigenvalue weighted by atomic mass is 32.1. The number of amides is 1. The lowest BCUT2D eigenvalue weighted by molar-refractivity contribution is 0.0991. The predicted molar refractivity (Wildman–Crippen MR) is 73.5 cm³/mol. The van der Waals surface area contributed by atoms with Gasteiger partial charge >= 0.3 is 4.87 Å². The Hall–Kier alpha value is -1.88. The summed E-state index contributed by atoms with van der Waals surface area (Å²) < 4.78 is 0. The van der Waals surface area contributed by atoms with Crippen molar-refractivity contribution in [3.63, 3.8) is 0 Å². The Bertz CT molecular complexity index is 601. The lowest BCUT2D eigenvalue weighted by Gasteiger charge is -2.20. The molecule has 0 saturated carbocycles. The number of anilines is 1. The summed E-state index contributed by atoms with van der Waals surface area (Å²) in [7, 11) is 0. The van der Waals surface area contributed by atoms with Gasteiger partial charge in [-0.15, -0.1) is 0 Å². The van der Waals surface area contributed by atoms with Gasteiger partial charge in [0.1, 0.15) is 4.88 Å². The number of aryl methyl sites for hydroxylation is 1. The maximum atomic E-state index is 12.4. The number of aromatic nitrogens is 1. The SMILES string of the molecule is CCN(C(=O)c1sc(=O)[nH]c1C)c1ccccc1. The molecule has 0 bridgehead atoms. The number of nitrogens with zero attached hydrogens (tertiary/aromatic N) is 1. The fourth-order valence-corrected chi connectivity index (χ4v) is 2.57. The summed E-state index contributed by atoms with van der Waals surface area (Å²) in [5, 5.41) is 0. The fraction of sp³-hybridized carbons (Fsp3) is 0.231. The van der Waals surface area contributed by atoms with Crippen molar-refractivity contribution < 1.29 is 4.79 Å². The highest BCUT2D eigenvalue weighted by Crippen LogP contribution is 2.19. The van der Waals surface area contributed by atoms with E-state index in [1.807, 2.05) is 37.3 Å². The van der Waals surface area contributed by atoms with Crippen molar-refractivity contribution in [1.82, 2.24) is 4.98 Å². The van der Waals surface area contributed by atoms with Gasteiger partial charge in [0.2, 0.25) is 0 Å². The summed E-state index contributed by atoms with van der Waals surface area (Å²) in [5.41, 5.74) is 1.47. The Kier molecular flexibility index (Phi) is 3.62. The molecule has 2 rings (SSSR count). The molecule has 0 aliphatic carbocycles. The van der Waals surface area contributed by atoms with Crippen LogP contribution in [-0.4, -0.2) is 17.4 Å². The first-order valence-corrected chi connectivity index (χ1v) is 6.51. The van der Waals surface area contributed by atoms with Crippen molar-refractivity contribution in [2.45, 2.75) is 13.8 Å². The highest BCUT2D eigenvalue weighted by Gasteiger charge is 2.20. The van der Waals surface area contributed by atoms with Crippen LogP contribution < -0.4 is 9.77 Å². The van der Waals surface area contributed by atoms with Gasteiger partial charge in [-0.1, -0.05) is 29.5 Å². The summed E-state index contributed by atoms with van der Waals surface area (Å²) in [4.78, 5) is 28.2. The molecular formula is C13H14N2O2S. The molecule has 94 valence electrons. The molecule has 1 aromatic heterocycles. The lowest BCUT2D eigenvalue weighted by atomic mass is 10.2. The molecule has 1 N–H and O–H groups in total. The number of aromatic amines is 1. The maximum Gasteiger partial charge on any atom is 0.305 e. The van der Waals surface area contributed by atoms with Crippen LogP contribution in [0.25, 0.3) is 0 Å². The zero-order chi connectivity index (χ0) is 13.1. The molecule has 1 amide bonds. The minimum atomic E-state index is -0.194. The molecular weight excluding hydrogens is 248 g/mol. The van der Waals surface area contributed by atoms with Gasteiger partial charge in [-0.25, -0.2) is 0 Å². The molecule has 4 nitrogen and oxygen atoms in total. The van der Waals surface area contributed by atoms with Crippen molar-refractivity contribution in [2.75, 3.05) is 11.4 Å². The fourth-order valence-electron chi connectivity index (χ4n) is 1.78. The van der Waals surface area contributed by atoms with Crippen LogP contribution in [0.3, 0.4) is 0 Å². The van der Waals surface area contributed by atoms with Crippen molar-refractivity contribution in [3.8, 4) is 0 Å². The summed E-state index contributed by atoms with van der Waals surface area (Å²) in [6.45, 7) is 4.22. The van der Waals surface area contributed by atoms with E-state index in [1.165, 1.54) is 0 Å². The van der Waals surface area contributed by atoms with E-state index < -0.39 is 0 Å². The number of rotatable bonds is 3. The van der Waals surface area contributed by atoms with Gasteiger partial charge < -0.3 is 9.88 Å². The third-order valence-electron chi connectivity index (χ3n) is 2.65. The largest absolute Gasteiger partial charge is 0.316 e. The van der Waals surface area contributed by atoms with E-state index in [-0.39, 0.29) is 10.8 Å². The van der Waals surface area contributed by atoms with E-state index >= 15 is 0 Å². The van der Waals surface area contributed by atoms with Crippen LogP contribution in [0.4, 0.5) is 5.69 Å². The molecule has 1 aromatic carbocycles. The van der Waals surface area contributed by atoms with Gasteiger partial charge in [-0.2, -0.15) is 0 Å². The van der Waals surface area contributed by atoms with Crippen molar-refractivity contribution in [1.29, 1.82) is 0 Å². The van der Waals surface area contributed by atoms with Gasteiger partial charge in [0.25, 0.3) is 5.91 Å². The number of benzene rings is 1. The second kappa shape index (κ2) is 5.18. The number of nitrogens with one attached hydrogen (secondary N) is 1. The minimum absolute atomic E-state index is 0.135. The average molecular weight is 262 g/mol. The van der Waals surface area contributed by atoms with Crippen LogP contribution in [0.5, 0.6) is 0 Å². The standard InChI is InChI=1S/C13H14N2O2S/c1-3-15(10-7-5-4-6-8-10)12(16)11-9(2)14-13(17)18-11/h4-8H,3H2,1-2H3,(H,14,17). The van der Waals surface area contributed by atoms with Crippen molar-refractivity contribution in [3.05, 3.63) is 50.6 Å². The normalized spacial score (nSPS) is 10.3. The second-order valence-corrected chi connectivity index (χ2v) is 4.84.